The molecular formula is C2H2BiO4. The first kappa shape index (κ1) is 9.95. The second kappa shape index (κ2) is 3.99. The fourth-order valence-corrected chi connectivity index (χ4v) is 0. The average molecular weight is 299 g/mol. The average Bonchev–Trinajstić information content (AvgIpc) is 1.36. The Morgan fingerprint density at radius 1 is 1.00 bits per heavy atom. The van der Waals surface area contributed by atoms with E-state index in [-0.39, 0.29) is 26.2 Å². The van der Waals surface area contributed by atoms with Crippen molar-refractivity contribution in [3.63, 3.8) is 0 Å². The SMILES string of the molecule is O=C(O)C(=O)O.[Bi]. The Labute approximate surface area is 58.3 Å². The van der Waals surface area contributed by atoms with Gasteiger partial charge >= 0.3 is 11.9 Å². The molecule has 0 aromatic rings. The van der Waals surface area contributed by atoms with Crippen LogP contribution >= 0.6 is 0 Å². The van der Waals surface area contributed by atoms with Gasteiger partial charge < -0.3 is 10.2 Å². The zero-order valence-electron chi connectivity index (χ0n) is 3.16. The number of rotatable bonds is 0. The molecule has 0 aromatic heterocycles. The van der Waals surface area contributed by atoms with Crippen LogP contribution < -0.4 is 0 Å². The zero-order valence-corrected chi connectivity index (χ0v) is 6.64. The molecule has 39 valence electrons. The number of aliphatic carboxylic acids is 2. The van der Waals surface area contributed by atoms with Crippen LogP contribution in [0.2, 0.25) is 0 Å². The fraction of sp³-hybridized carbons (Fsp3) is 0. The monoisotopic (exact) mass is 299 g/mol. The topological polar surface area (TPSA) is 74.6 Å². The van der Waals surface area contributed by atoms with Gasteiger partial charge in [-0.25, -0.2) is 9.59 Å². The van der Waals surface area contributed by atoms with E-state index in [0.717, 1.165) is 0 Å². The summed E-state index contributed by atoms with van der Waals surface area (Å²) in [6, 6.07) is 0. The van der Waals surface area contributed by atoms with Crippen molar-refractivity contribution in [3.05, 3.63) is 0 Å². The first-order valence-corrected chi connectivity index (χ1v) is 1.11. The number of carboxylic acids is 2. The van der Waals surface area contributed by atoms with Crippen LogP contribution in [0.4, 0.5) is 0 Å². The molecule has 0 aliphatic heterocycles. The van der Waals surface area contributed by atoms with Gasteiger partial charge in [0.25, 0.3) is 0 Å². The van der Waals surface area contributed by atoms with Gasteiger partial charge in [-0.15, -0.1) is 0 Å². The smallest absolute Gasteiger partial charge is 0.414 e. The van der Waals surface area contributed by atoms with Crippen LogP contribution in [-0.4, -0.2) is 48.4 Å². The van der Waals surface area contributed by atoms with Crippen molar-refractivity contribution in [1.82, 2.24) is 0 Å². The van der Waals surface area contributed by atoms with Crippen LogP contribution in [0, 0.1) is 0 Å². The van der Waals surface area contributed by atoms with Crippen LogP contribution in [-0.2, 0) is 9.59 Å². The van der Waals surface area contributed by atoms with Crippen LogP contribution in [0.5, 0.6) is 0 Å². The molecule has 0 saturated heterocycles. The van der Waals surface area contributed by atoms with Crippen molar-refractivity contribution < 1.29 is 19.8 Å². The summed E-state index contributed by atoms with van der Waals surface area (Å²) < 4.78 is 0. The predicted octanol–water partition coefficient (Wildman–Crippen LogP) is -1.23. The third-order valence-corrected chi connectivity index (χ3v) is 0.183. The Kier molecular flexibility index (Phi) is 5.68. The first-order valence-electron chi connectivity index (χ1n) is 1.11. The molecule has 7 heavy (non-hydrogen) atoms. The van der Waals surface area contributed by atoms with Gasteiger partial charge in [0.1, 0.15) is 0 Å². The van der Waals surface area contributed by atoms with Crippen LogP contribution in [0.25, 0.3) is 0 Å². The number of carbonyl (C=O) groups is 2. The van der Waals surface area contributed by atoms with Crippen LogP contribution in [0.1, 0.15) is 0 Å². The maximum atomic E-state index is 9.10. The molecule has 0 spiro atoms. The maximum Gasteiger partial charge on any atom is 0.414 e. The molecule has 0 fully saturated rings. The Balaban J connectivity index is 0. The Morgan fingerprint density at radius 2 is 1.14 bits per heavy atom. The molecule has 0 unspecified atom stereocenters. The van der Waals surface area contributed by atoms with Gasteiger partial charge in [-0.1, -0.05) is 0 Å². The molecule has 4 nitrogen and oxygen atoms in total. The summed E-state index contributed by atoms with van der Waals surface area (Å²) in [6.45, 7) is 0. The minimum absolute atomic E-state index is 0. The summed E-state index contributed by atoms with van der Waals surface area (Å²) in [5, 5.41) is 14.8. The van der Waals surface area contributed by atoms with Crippen molar-refractivity contribution in [2.24, 2.45) is 0 Å². The summed E-state index contributed by atoms with van der Waals surface area (Å²) >= 11 is 0. The van der Waals surface area contributed by atoms with Gasteiger partial charge in [0, 0.05) is 26.2 Å². The summed E-state index contributed by atoms with van der Waals surface area (Å²) in [5.74, 6) is -3.65. The number of carboxylic acid groups (broad SMARTS) is 2. The van der Waals surface area contributed by atoms with Gasteiger partial charge in [-0.3, -0.25) is 0 Å². The molecule has 0 aliphatic carbocycles. The Bertz CT molecular complexity index is 75.7. The molecular weight excluding hydrogens is 297 g/mol. The van der Waals surface area contributed by atoms with Gasteiger partial charge in [0.2, 0.25) is 0 Å². The Hall–Kier alpha value is -0.177. The molecule has 0 rings (SSSR count). The van der Waals surface area contributed by atoms with E-state index < -0.39 is 11.9 Å². The van der Waals surface area contributed by atoms with Crippen molar-refractivity contribution >= 4 is 38.1 Å². The zero-order chi connectivity index (χ0) is 5.15. The molecule has 0 aromatic carbocycles. The quantitative estimate of drug-likeness (QED) is 0.434. The van der Waals surface area contributed by atoms with Crippen molar-refractivity contribution in [3.8, 4) is 0 Å². The standard InChI is InChI=1S/C2H2O4.Bi/c3-1(4)2(5)6;/h(H,3,4)(H,5,6);. The third-order valence-electron chi connectivity index (χ3n) is 0.183. The maximum absolute atomic E-state index is 9.10. The van der Waals surface area contributed by atoms with E-state index in [1.807, 2.05) is 0 Å². The largest absolute Gasteiger partial charge is 0.473 e. The number of hydrogen-bond donors (Lipinski definition) is 2. The van der Waals surface area contributed by atoms with Crippen LogP contribution in [0.15, 0.2) is 0 Å². The summed E-state index contributed by atoms with van der Waals surface area (Å²) in [5.41, 5.74) is 0. The fourth-order valence-electron chi connectivity index (χ4n) is 0. The van der Waals surface area contributed by atoms with Crippen molar-refractivity contribution in [2.45, 2.75) is 0 Å². The molecule has 2 N–H and O–H groups in total. The Morgan fingerprint density at radius 3 is 1.14 bits per heavy atom. The van der Waals surface area contributed by atoms with E-state index in [4.69, 9.17) is 19.8 Å². The minimum Gasteiger partial charge on any atom is -0.473 e. The van der Waals surface area contributed by atoms with Gasteiger partial charge in [0.05, 0.1) is 0 Å². The number of hydrogen-bond acceptors (Lipinski definition) is 2. The van der Waals surface area contributed by atoms with Gasteiger partial charge in [-0.2, -0.15) is 0 Å². The molecule has 0 bridgehead atoms. The van der Waals surface area contributed by atoms with E-state index in [9.17, 15) is 0 Å². The second-order valence-corrected chi connectivity index (χ2v) is 0.610. The molecule has 0 aliphatic rings. The summed E-state index contributed by atoms with van der Waals surface area (Å²) in [6.07, 6.45) is 0. The van der Waals surface area contributed by atoms with E-state index in [1.165, 1.54) is 0 Å². The summed E-state index contributed by atoms with van der Waals surface area (Å²) in [4.78, 5) is 18.2. The van der Waals surface area contributed by atoms with Gasteiger partial charge in [0.15, 0.2) is 0 Å². The van der Waals surface area contributed by atoms with Crippen LogP contribution in [0.3, 0.4) is 0 Å². The summed E-state index contributed by atoms with van der Waals surface area (Å²) in [7, 11) is 0. The molecule has 5 heteroatoms. The molecule has 0 amide bonds. The molecule has 0 heterocycles. The molecule has 3 radical (unpaired) electrons. The van der Waals surface area contributed by atoms with E-state index in [2.05, 4.69) is 0 Å². The second-order valence-electron chi connectivity index (χ2n) is 0.610. The first-order chi connectivity index (χ1) is 2.64. The third kappa shape index (κ3) is 5.82. The predicted molar refractivity (Wildman–Crippen MR) is 21.0 cm³/mol. The van der Waals surface area contributed by atoms with Crippen molar-refractivity contribution in [1.29, 1.82) is 0 Å². The van der Waals surface area contributed by atoms with Gasteiger partial charge in [-0.05, 0) is 0 Å². The normalized spacial score (nSPS) is 6.29. The molecule has 0 saturated carbocycles. The van der Waals surface area contributed by atoms with Crippen molar-refractivity contribution in [2.75, 3.05) is 0 Å². The minimum atomic E-state index is -1.82. The molecule has 0 atom stereocenters. The van der Waals surface area contributed by atoms with E-state index in [1.54, 1.807) is 0 Å². The van der Waals surface area contributed by atoms with E-state index in [0.29, 0.717) is 0 Å². The van der Waals surface area contributed by atoms with E-state index >= 15 is 0 Å².